The molecule has 5 heteroatoms. The van der Waals surface area contributed by atoms with Gasteiger partial charge < -0.3 is 5.32 Å². The van der Waals surface area contributed by atoms with Crippen molar-refractivity contribution in [3.63, 3.8) is 0 Å². The van der Waals surface area contributed by atoms with Gasteiger partial charge in [0.1, 0.15) is 0 Å². The zero-order chi connectivity index (χ0) is 13.1. The van der Waals surface area contributed by atoms with Crippen molar-refractivity contribution >= 4 is 27.3 Å². The van der Waals surface area contributed by atoms with Crippen molar-refractivity contribution in [2.75, 3.05) is 6.54 Å². The molecule has 0 saturated heterocycles. The predicted molar refractivity (Wildman–Crippen MR) is 73.9 cm³/mol. The van der Waals surface area contributed by atoms with Crippen molar-refractivity contribution in [3.8, 4) is 0 Å². The second kappa shape index (κ2) is 5.91. The van der Waals surface area contributed by atoms with Crippen LogP contribution in [-0.4, -0.2) is 6.54 Å². The van der Waals surface area contributed by atoms with Crippen molar-refractivity contribution in [2.24, 2.45) is 0 Å². The minimum atomic E-state index is -0.814. The van der Waals surface area contributed by atoms with Crippen molar-refractivity contribution in [1.29, 1.82) is 0 Å². The Hall–Kier alpha value is -0.780. The van der Waals surface area contributed by atoms with Crippen molar-refractivity contribution in [1.82, 2.24) is 5.32 Å². The second-order valence-electron chi connectivity index (χ2n) is 3.80. The van der Waals surface area contributed by atoms with E-state index < -0.39 is 11.6 Å². The van der Waals surface area contributed by atoms with Crippen LogP contribution in [0.5, 0.6) is 0 Å². The third-order valence-electron chi connectivity index (χ3n) is 2.57. The zero-order valence-corrected chi connectivity index (χ0v) is 12.1. The normalized spacial score (nSPS) is 12.7. The molecule has 0 bridgehead atoms. The highest BCUT2D eigenvalue weighted by Crippen LogP contribution is 2.31. The molecule has 1 nitrogen and oxygen atoms in total. The predicted octanol–water partition coefficient (Wildman–Crippen LogP) is 4.49. The van der Waals surface area contributed by atoms with E-state index in [4.69, 9.17) is 0 Å². The zero-order valence-electron chi connectivity index (χ0n) is 9.71. The molecule has 0 saturated carbocycles. The molecular weight excluding hydrogens is 320 g/mol. The van der Waals surface area contributed by atoms with Crippen LogP contribution in [0, 0.1) is 11.6 Å². The fourth-order valence-electron chi connectivity index (χ4n) is 1.79. The maximum absolute atomic E-state index is 13.8. The molecule has 1 unspecified atom stereocenters. The molecule has 1 N–H and O–H groups in total. The molecule has 0 fully saturated rings. The van der Waals surface area contributed by atoms with Crippen LogP contribution in [0.15, 0.2) is 34.1 Å². The fraction of sp³-hybridized carbons (Fsp3) is 0.231. The molecule has 18 heavy (non-hydrogen) atoms. The first-order chi connectivity index (χ1) is 8.63. The Morgan fingerprint density at radius 3 is 2.78 bits per heavy atom. The molecular formula is C13H12BrF2NS. The van der Waals surface area contributed by atoms with E-state index >= 15 is 0 Å². The monoisotopic (exact) mass is 331 g/mol. The molecule has 1 aromatic carbocycles. The van der Waals surface area contributed by atoms with E-state index in [2.05, 4.69) is 21.2 Å². The average Bonchev–Trinajstić information content (AvgIpc) is 2.77. The van der Waals surface area contributed by atoms with Gasteiger partial charge in [-0.2, -0.15) is 0 Å². The third kappa shape index (κ3) is 2.79. The largest absolute Gasteiger partial charge is 0.306 e. The topological polar surface area (TPSA) is 12.0 Å². The third-order valence-corrected chi connectivity index (χ3v) is 4.33. The van der Waals surface area contributed by atoms with Crippen molar-refractivity contribution in [3.05, 3.63) is 56.2 Å². The van der Waals surface area contributed by atoms with E-state index in [1.165, 1.54) is 17.4 Å². The molecule has 0 aliphatic heterocycles. The highest BCUT2D eigenvalue weighted by molar-refractivity contribution is 9.10. The Bertz CT molecular complexity index is 542. The lowest BCUT2D eigenvalue weighted by atomic mass is 10.0. The Morgan fingerprint density at radius 1 is 1.39 bits per heavy atom. The van der Waals surface area contributed by atoms with Gasteiger partial charge in [0.05, 0.1) is 6.04 Å². The van der Waals surface area contributed by atoms with Gasteiger partial charge in [0.25, 0.3) is 0 Å². The van der Waals surface area contributed by atoms with Gasteiger partial charge in [-0.3, -0.25) is 0 Å². The molecule has 0 aliphatic rings. The van der Waals surface area contributed by atoms with E-state index in [1.807, 2.05) is 18.4 Å². The summed E-state index contributed by atoms with van der Waals surface area (Å²) < 4.78 is 28.1. The maximum atomic E-state index is 13.8. The SMILES string of the molecule is CCNC(c1cc(Br)cs1)c1cccc(F)c1F. The lowest BCUT2D eigenvalue weighted by molar-refractivity contribution is 0.484. The van der Waals surface area contributed by atoms with E-state index in [-0.39, 0.29) is 6.04 Å². The van der Waals surface area contributed by atoms with Crippen LogP contribution in [0.3, 0.4) is 0 Å². The van der Waals surface area contributed by atoms with Crippen LogP contribution in [0.1, 0.15) is 23.4 Å². The van der Waals surface area contributed by atoms with E-state index in [1.54, 1.807) is 6.07 Å². The average molecular weight is 332 g/mol. The number of halogens is 3. The number of hydrogen-bond acceptors (Lipinski definition) is 2. The van der Waals surface area contributed by atoms with Crippen LogP contribution >= 0.6 is 27.3 Å². The molecule has 0 radical (unpaired) electrons. The molecule has 0 spiro atoms. The molecule has 2 rings (SSSR count). The molecule has 0 amide bonds. The summed E-state index contributed by atoms with van der Waals surface area (Å²) in [6, 6.07) is 5.87. The van der Waals surface area contributed by atoms with E-state index in [0.29, 0.717) is 12.1 Å². The Labute approximate surface area is 117 Å². The number of hydrogen-bond donors (Lipinski definition) is 1. The Kier molecular flexibility index (Phi) is 4.48. The number of nitrogens with one attached hydrogen (secondary N) is 1. The molecule has 96 valence electrons. The van der Waals surface area contributed by atoms with Crippen LogP contribution in [-0.2, 0) is 0 Å². The van der Waals surface area contributed by atoms with E-state index in [0.717, 1.165) is 15.4 Å². The summed E-state index contributed by atoms with van der Waals surface area (Å²) in [4.78, 5) is 0.952. The van der Waals surface area contributed by atoms with Crippen LogP contribution in [0.4, 0.5) is 8.78 Å². The minimum Gasteiger partial charge on any atom is -0.306 e. The first-order valence-corrected chi connectivity index (χ1v) is 7.22. The molecule has 1 aromatic heterocycles. The Morgan fingerprint density at radius 2 is 2.17 bits per heavy atom. The second-order valence-corrected chi connectivity index (χ2v) is 5.66. The van der Waals surface area contributed by atoms with Crippen molar-refractivity contribution < 1.29 is 8.78 Å². The quantitative estimate of drug-likeness (QED) is 0.870. The summed E-state index contributed by atoms with van der Waals surface area (Å²) >= 11 is 4.88. The van der Waals surface area contributed by atoms with Gasteiger partial charge in [0, 0.05) is 20.3 Å². The summed E-state index contributed by atoms with van der Waals surface area (Å²) in [5.41, 5.74) is 0.339. The molecule has 1 atom stereocenters. The molecule has 1 heterocycles. The lowest BCUT2D eigenvalue weighted by Crippen LogP contribution is -2.22. The summed E-state index contributed by atoms with van der Waals surface area (Å²) in [7, 11) is 0. The smallest absolute Gasteiger partial charge is 0.163 e. The lowest BCUT2D eigenvalue weighted by Gasteiger charge is -2.17. The van der Waals surface area contributed by atoms with Gasteiger partial charge in [-0.1, -0.05) is 19.1 Å². The minimum absolute atomic E-state index is 0.318. The summed E-state index contributed by atoms with van der Waals surface area (Å²) in [6.07, 6.45) is 0. The number of benzene rings is 1. The maximum Gasteiger partial charge on any atom is 0.163 e. The van der Waals surface area contributed by atoms with Gasteiger partial charge in [-0.15, -0.1) is 11.3 Å². The Balaban J connectivity index is 2.44. The van der Waals surface area contributed by atoms with Gasteiger partial charge in [-0.05, 0) is 34.6 Å². The summed E-state index contributed by atoms with van der Waals surface area (Å²) in [5, 5.41) is 5.11. The van der Waals surface area contributed by atoms with Gasteiger partial charge in [0.2, 0.25) is 0 Å². The fourth-order valence-corrected chi connectivity index (χ4v) is 3.33. The first kappa shape index (κ1) is 13.6. The van der Waals surface area contributed by atoms with Crippen LogP contribution in [0.2, 0.25) is 0 Å². The van der Waals surface area contributed by atoms with E-state index in [9.17, 15) is 8.78 Å². The van der Waals surface area contributed by atoms with Crippen molar-refractivity contribution in [2.45, 2.75) is 13.0 Å². The summed E-state index contributed by atoms with van der Waals surface area (Å²) in [6.45, 7) is 2.61. The molecule has 0 aliphatic carbocycles. The number of rotatable bonds is 4. The van der Waals surface area contributed by atoms with Gasteiger partial charge in [-0.25, -0.2) is 8.78 Å². The highest BCUT2D eigenvalue weighted by Gasteiger charge is 2.20. The van der Waals surface area contributed by atoms with Gasteiger partial charge >= 0.3 is 0 Å². The van der Waals surface area contributed by atoms with Crippen LogP contribution in [0.25, 0.3) is 0 Å². The number of thiophene rings is 1. The summed E-state index contributed by atoms with van der Waals surface area (Å²) in [5.74, 6) is -1.60. The molecule has 2 aromatic rings. The highest BCUT2D eigenvalue weighted by atomic mass is 79.9. The van der Waals surface area contributed by atoms with Crippen LogP contribution < -0.4 is 5.32 Å². The standard InChI is InChI=1S/C13H12BrF2NS/c1-2-17-13(11-6-8(14)7-18-11)9-4-3-5-10(15)12(9)16/h3-7,13,17H,2H2,1H3. The first-order valence-electron chi connectivity index (χ1n) is 5.54. The van der Waals surface area contributed by atoms with Gasteiger partial charge in [0.15, 0.2) is 11.6 Å².